The third-order valence-electron chi connectivity index (χ3n) is 2.10. The van der Waals surface area contributed by atoms with Crippen LogP contribution in [0.15, 0.2) is 18.2 Å². The molecule has 0 amide bonds. The van der Waals surface area contributed by atoms with Crippen LogP contribution in [0.2, 0.25) is 0 Å². The molecule has 1 aromatic rings. The van der Waals surface area contributed by atoms with Gasteiger partial charge in [-0.1, -0.05) is 6.07 Å². The van der Waals surface area contributed by atoms with Crippen LogP contribution >= 0.6 is 0 Å². The summed E-state index contributed by atoms with van der Waals surface area (Å²) in [4.78, 5) is 10.7. The highest BCUT2D eigenvalue weighted by Crippen LogP contribution is 2.26. The zero-order valence-electron chi connectivity index (χ0n) is 9.42. The second-order valence-corrected chi connectivity index (χ2v) is 3.72. The van der Waals surface area contributed by atoms with E-state index in [0.29, 0.717) is 5.56 Å². The number of hydrazine groups is 1. The van der Waals surface area contributed by atoms with Crippen molar-refractivity contribution in [3.63, 3.8) is 0 Å². The Bertz CT molecular complexity index is 393. The lowest BCUT2D eigenvalue weighted by Gasteiger charge is -2.19. The van der Waals surface area contributed by atoms with Crippen LogP contribution in [-0.2, 0) is 11.2 Å². The summed E-state index contributed by atoms with van der Waals surface area (Å²) >= 11 is 0. The Morgan fingerprint density at radius 2 is 1.82 bits per heavy atom. The summed E-state index contributed by atoms with van der Waals surface area (Å²) in [5, 5.41) is 27.0. The monoisotopic (exact) mass is 243 g/mol. The van der Waals surface area contributed by atoms with Gasteiger partial charge < -0.3 is 21.1 Å². The predicted molar refractivity (Wildman–Crippen MR) is 62.1 cm³/mol. The Labute approximate surface area is 98.4 Å². The highest BCUT2D eigenvalue weighted by Gasteiger charge is 2.28. The first-order valence-corrected chi connectivity index (χ1v) is 4.69. The molecule has 1 atom stereocenters. The number of phenolic OH excluding ortho intramolecular Hbond substituents is 2. The van der Waals surface area contributed by atoms with Gasteiger partial charge in [0.1, 0.15) is 5.54 Å². The first-order chi connectivity index (χ1) is 7.83. The first kappa shape index (κ1) is 15.2. The zero-order valence-corrected chi connectivity index (χ0v) is 9.42. The fourth-order valence-electron chi connectivity index (χ4n) is 1.18. The van der Waals surface area contributed by atoms with Crippen molar-refractivity contribution in [2.24, 2.45) is 17.4 Å². The molecule has 0 aliphatic carbocycles. The molecule has 0 fully saturated rings. The zero-order chi connectivity index (χ0) is 13.6. The molecule has 0 unspecified atom stereocenters. The number of rotatable bonds is 3. The fraction of sp³-hybridized carbons (Fsp3) is 0.300. The van der Waals surface area contributed by atoms with Crippen LogP contribution in [0, 0.1) is 0 Å². The lowest BCUT2D eigenvalue weighted by Crippen LogP contribution is -2.46. The summed E-state index contributed by atoms with van der Waals surface area (Å²) in [6.45, 7) is 1.39. The van der Waals surface area contributed by atoms with E-state index in [0.717, 1.165) is 0 Å². The summed E-state index contributed by atoms with van der Waals surface area (Å²) in [7, 11) is 0. The maximum atomic E-state index is 10.7. The van der Waals surface area contributed by atoms with Crippen molar-refractivity contribution in [3.8, 4) is 11.5 Å². The number of hydrogen-bond donors (Lipinski definition) is 6. The molecule has 0 aliphatic heterocycles. The predicted octanol–water partition coefficient (Wildman–Crippen LogP) is -0.739. The van der Waals surface area contributed by atoms with Crippen molar-refractivity contribution in [1.29, 1.82) is 0 Å². The lowest BCUT2D eigenvalue weighted by atomic mass is 9.94. The van der Waals surface area contributed by atoms with Crippen molar-refractivity contribution in [2.75, 3.05) is 0 Å². The van der Waals surface area contributed by atoms with E-state index in [1.165, 1.54) is 25.1 Å². The molecule has 7 heteroatoms. The third-order valence-corrected chi connectivity index (χ3v) is 2.10. The smallest absolute Gasteiger partial charge is 0.323 e. The SMILES string of the molecule is C[C@](N)(Cc1ccc(O)c(O)c1)C(=O)O.NN. The minimum absolute atomic E-state index is 0.0795. The van der Waals surface area contributed by atoms with Crippen LogP contribution in [-0.4, -0.2) is 26.8 Å². The van der Waals surface area contributed by atoms with E-state index in [1.54, 1.807) is 0 Å². The number of carboxylic acid groups (broad SMARTS) is 1. The summed E-state index contributed by atoms with van der Waals surface area (Å²) < 4.78 is 0. The Kier molecular flexibility index (Phi) is 5.39. The molecular weight excluding hydrogens is 226 g/mol. The second kappa shape index (κ2) is 6.04. The lowest BCUT2D eigenvalue weighted by molar-refractivity contribution is -0.142. The van der Waals surface area contributed by atoms with Gasteiger partial charge in [0, 0.05) is 6.42 Å². The van der Waals surface area contributed by atoms with E-state index in [2.05, 4.69) is 11.7 Å². The number of carboxylic acids is 1. The summed E-state index contributed by atoms with van der Waals surface area (Å²) in [5.41, 5.74) is 4.70. The number of phenols is 2. The van der Waals surface area contributed by atoms with E-state index in [1.807, 2.05) is 0 Å². The van der Waals surface area contributed by atoms with Crippen LogP contribution in [0.25, 0.3) is 0 Å². The van der Waals surface area contributed by atoms with Gasteiger partial charge >= 0.3 is 5.97 Å². The molecule has 1 rings (SSSR count). The van der Waals surface area contributed by atoms with Crippen LogP contribution < -0.4 is 17.4 Å². The highest BCUT2D eigenvalue weighted by molar-refractivity contribution is 5.78. The van der Waals surface area contributed by atoms with E-state index in [4.69, 9.17) is 15.9 Å². The molecular formula is C10H17N3O4. The Balaban J connectivity index is 0.00000121. The molecule has 0 aromatic heterocycles. The maximum absolute atomic E-state index is 10.7. The quantitative estimate of drug-likeness (QED) is 0.232. The van der Waals surface area contributed by atoms with Gasteiger partial charge in [0.25, 0.3) is 0 Å². The number of aromatic hydroxyl groups is 2. The standard InChI is InChI=1S/C10H13NO4.H4N2/c1-10(11,9(14)15)5-6-2-3-7(12)8(13)4-6;1-2/h2-4,12-13H,5,11H2,1H3,(H,14,15);1-2H2/t10-;/m0./s1. The van der Waals surface area contributed by atoms with Crippen LogP contribution in [0.1, 0.15) is 12.5 Å². The number of benzene rings is 1. The molecule has 0 saturated carbocycles. The number of aliphatic carboxylic acids is 1. The number of hydrogen-bond acceptors (Lipinski definition) is 6. The summed E-state index contributed by atoms with van der Waals surface area (Å²) in [6, 6.07) is 4.11. The molecule has 17 heavy (non-hydrogen) atoms. The van der Waals surface area contributed by atoms with Crippen molar-refractivity contribution in [3.05, 3.63) is 23.8 Å². The fourth-order valence-corrected chi connectivity index (χ4v) is 1.18. The first-order valence-electron chi connectivity index (χ1n) is 4.69. The van der Waals surface area contributed by atoms with Crippen molar-refractivity contribution in [1.82, 2.24) is 0 Å². The average molecular weight is 243 g/mol. The molecule has 0 radical (unpaired) electrons. The molecule has 0 heterocycles. The van der Waals surface area contributed by atoms with Crippen molar-refractivity contribution < 1.29 is 20.1 Å². The van der Waals surface area contributed by atoms with Gasteiger partial charge in [0.15, 0.2) is 11.5 Å². The number of nitrogens with two attached hydrogens (primary N) is 3. The summed E-state index contributed by atoms with van der Waals surface area (Å²) in [5.74, 6) is 6.36. The minimum atomic E-state index is -1.39. The van der Waals surface area contributed by atoms with Crippen LogP contribution in [0.3, 0.4) is 0 Å². The summed E-state index contributed by atoms with van der Waals surface area (Å²) in [6.07, 6.45) is 0.0795. The average Bonchev–Trinajstić information content (AvgIpc) is 2.26. The highest BCUT2D eigenvalue weighted by atomic mass is 16.4. The van der Waals surface area contributed by atoms with Crippen LogP contribution in [0.4, 0.5) is 0 Å². The van der Waals surface area contributed by atoms with Gasteiger partial charge in [-0.3, -0.25) is 16.5 Å². The van der Waals surface area contributed by atoms with Crippen molar-refractivity contribution >= 4 is 5.97 Å². The molecule has 0 aliphatic rings. The van der Waals surface area contributed by atoms with Crippen molar-refractivity contribution in [2.45, 2.75) is 18.9 Å². The normalized spacial score (nSPS) is 13.2. The van der Waals surface area contributed by atoms with Gasteiger partial charge in [-0.15, -0.1) is 0 Å². The third kappa shape index (κ3) is 4.27. The van der Waals surface area contributed by atoms with Gasteiger partial charge in [-0.2, -0.15) is 0 Å². The van der Waals surface area contributed by atoms with Gasteiger partial charge in [0.2, 0.25) is 0 Å². The molecule has 9 N–H and O–H groups in total. The van der Waals surface area contributed by atoms with Gasteiger partial charge in [0.05, 0.1) is 0 Å². The molecule has 0 bridgehead atoms. The second-order valence-electron chi connectivity index (χ2n) is 3.72. The van der Waals surface area contributed by atoms with Crippen LogP contribution in [0.5, 0.6) is 11.5 Å². The van der Waals surface area contributed by atoms with E-state index in [-0.39, 0.29) is 17.9 Å². The molecule has 1 aromatic carbocycles. The molecule has 96 valence electrons. The maximum Gasteiger partial charge on any atom is 0.323 e. The largest absolute Gasteiger partial charge is 0.504 e. The van der Waals surface area contributed by atoms with E-state index >= 15 is 0 Å². The van der Waals surface area contributed by atoms with E-state index in [9.17, 15) is 9.90 Å². The van der Waals surface area contributed by atoms with E-state index < -0.39 is 11.5 Å². The Hall–Kier alpha value is -1.83. The van der Waals surface area contributed by atoms with Gasteiger partial charge in [-0.25, -0.2) is 0 Å². The molecule has 0 spiro atoms. The number of carbonyl (C=O) groups is 1. The minimum Gasteiger partial charge on any atom is -0.504 e. The Morgan fingerprint density at radius 1 is 1.29 bits per heavy atom. The molecule has 0 saturated heterocycles. The Morgan fingerprint density at radius 3 is 2.24 bits per heavy atom. The van der Waals surface area contributed by atoms with Gasteiger partial charge in [-0.05, 0) is 24.6 Å². The topological polar surface area (TPSA) is 156 Å². The molecule has 7 nitrogen and oxygen atoms in total.